The molecule has 0 bridgehead atoms. The first-order valence-corrected chi connectivity index (χ1v) is 7.38. The lowest BCUT2D eigenvalue weighted by molar-refractivity contribution is -0.134. The molecular weight excluding hydrogens is 299 g/mol. The van der Waals surface area contributed by atoms with Gasteiger partial charge in [0.05, 0.1) is 5.02 Å². The van der Waals surface area contributed by atoms with Crippen molar-refractivity contribution in [3.63, 3.8) is 0 Å². The van der Waals surface area contributed by atoms with Crippen LogP contribution in [0, 0.1) is 0 Å². The molecule has 0 saturated carbocycles. The van der Waals surface area contributed by atoms with Gasteiger partial charge in [0.2, 0.25) is 0 Å². The Hall–Kier alpha value is -0.970. The lowest BCUT2D eigenvalue weighted by Crippen LogP contribution is -2.48. The number of hydrogen-bond acceptors (Lipinski definition) is 3. The quantitative estimate of drug-likeness (QED) is 0.928. The van der Waals surface area contributed by atoms with E-state index in [9.17, 15) is 4.79 Å². The number of carbonyl (C=O) groups excluding carboxylic acids is 1. The molecule has 1 unspecified atom stereocenters. The maximum absolute atomic E-state index is 12.1. The van der Waals surface area contributed by atoms with Gasteiger partial charge in [0, 0.05) is 24.2 Å². The summed E-state index contributed by atoms with van der Waals surface area (Å²) in [5.41, 5.74) is 0. The number of piperidine rings is 1. The van der Waals surface area contributed by atoms with E-state index in [0.717, 1.165) is 25.9 Å². The minimum Gasteiger partial charge on any atom is -0.482 e. The van der Waals surface area contributed by atoms with Crippen LogP contribution in [-0.4, -0.2) is 43.6 Å². The number of ether oxygens (including phenoxy) is 1. The van der Waals surface area contributed by atoms with Gasteiger partial charge in [-0.25, -0.2) is 0 Å². The summed E-state index contributed by atoms with van der Waals surface area (Å²) in [5.74, 6) is 0.461. The maximum atomic E-state index is 12.1. The fraction of sp³-hybridized carbons (Fsp3) is 0.500. The van der Waals surface area contributed by atoms with E-state index in [1.54, 1.807) is 18.2 Å². The van der Waals surface area contributed by atoms with Gasteiger partial charge < -0.3 is 15.0 Å². The molecule has 0 spiro atoms. The number of benzene rings is 1. The summed E-state index contributed by atoms with van der Waals surface area (Å²) in [7, 11) is 1.92. The first-order valence-electron chi connectivity index (χ1n) is 6.63. The van der Waals surface area contributed by atoms with Crippen LogP contribution >= 0.6 is 23.2 Å². The summed E-state index contributed by atoms with van der Waals surface area (Å²) in [4.78, 5) is 13.9. The number of nitrogens with one attached hydrogen (secondary N) is 1. The fourth-order valence-electron chi connectivity index (χ4n) is 2.26. The molecule has 1 amide bonds. The highest BCUT2D eigenvalue weighted by Crippen LogP contribution is 2.27. The number of hydrogen-bond donors (Lipinski definition) is 1. The lowest BCUT2D eigenvalue weighted by Gasteiger charge is -2.32. The molecule has 0 aliphatic carbocycles. The Kier molecular flexibility index (Phi) is 5.52. The monoisotopic (exact) mass is 316 g/mol. The second-order valence-electron chi connectivity index (χ2n) is 4.83. The van der Waals surface area contributed by atoms with E-state index in [0.29, 0.717) is 21.8 Å². The Labute approximate surface area is 129 Å². The average Bonchev–Trinajstić information content (AvgIpc) is 2.46. The van der Waals surface area contributed by atoms with Crippen LogP contribution in [0.1, 0.15) is 12.8 Å². The van der Waals surface area contributed by atoms with Gasteiger partial charge in [-0.1, -0.05) is 23.2 Å². The Bertz CT molecular complexity index is 482. The molecule has 1 atom stereocenters. The van der Waals surface area contributed by atoms with Crippen molar-refractivity contribution in [3.8, 4) is 5.75 Å². The normalized spacial score (nSPS) is 18.9. The Balaban J connectivity index is 1.88. The molecule has 1 N–H and O–H groups in total. The van der Waals surface area contributed by atoms with Gasteiger partial charge in [-0.15, -0.1) is 0 Å². The van der Waals surface area contributed by atoms with Crippen LogP contribution in [0.5, 0.6) is 5.75 Å². The third-order valence-corrected chi connectivity index (χ3v) is 3.96. The van der Waals surface area contributed by atoms with Crippen molar-refractivity contribution in [2.24, 2.45) is 0 Å². The first kappa shape index (κ1) is 15.4. The van der Waals surface area contributed by atoms with Gasteiger partial charge in [-0.3, -0.25) is 4.79 Å². The topological polar surface area (TPSA) is 41.6 Å². The number of rotatable bonds is 4. The largest absolute Gasteiger partial charge is 0.482 e. The average molecular weight is 317 g/mol. The summed E-state index contributed by atoms with van der Waals surface area (Å²) in [6.07, 6.45) is 2.11. The Morgan fingerprint density at radius 1 is 1.50 bits per heavy atom. The highest BCUT2D eigenvalue weighted by molar-refractivity contribution is 6.35. The number of likely N-dealkylation sites (tertiary alicyclic amines) is 1. The third kappa shape index (κ3) is 4.01. The van der Waals surface area contributed by atoms with E-state index in [2.05, 4.69) is 5.32 Å². The minimum atomic E-state index is -0.0176. The molecular formula is C14H18Cl2N2O2. The summed E-state index contributed by atoms with van der Waals surface area (Å²) in [5, 5.41) is 4.16. The molecule has 6 heteroatoms. The smallest absolute Gasteiger partial charge is 0.260 e. The molecule has 110 valence electrons. The Morgan fingerprint density at radius 3 is 3.00 bits per heavy atom. The van der Waals surface area contributed by atoms with Gasteiger partial charge in [-0.05, 0) is 38.1 Å². The van der Waals surface area contributed by atoms with Crippen LogP contribution < -0.4 is 10.1 Å². The maximum Gasteiger partial charge on any atom is 0.260 e. The van der Waals surface area contributed by atoms with Gasteiger partial charge in [0.15, 0.2) is 6.61 Å². The van der Waals surface area contributed by atoms with Crippen LogP contribution in [0.4, 0.5) is 0 Å². The van der Waals surface area contributed by atoms with Gasteiger partial charge >= 0.3 is 0 Å². The van der Waals surface area contributed by atoms with Gasteiger partial charge in [0.1, 0.15) is 5.75 Å². The van der Waals surface area contributed by atoms with E-state index < -0.39 is 0 Å². The van der Waals surface area contributed by atoms with Gasteiger partial charge in [0.25, 0.3) is 5.91 Å². The van der Waals surface area contributed by atoms with E-state index in [-0.39, 0.29) is 12.5 Å². The molecule has 1 aromatic rings. The molecule has 4 nitrogen and oxygen atoms in total. The fourth-order valence-corrected chi connectivity index (χ4v) is 2.73. The van der Waals surface area contributed by atoms with Gasteiger partial charge in [-0.2, -0.15) is 0 Å². The number of likely N-dealkylation sites (N-methyl/N-ethyl adjacent to an activating group) is 1. The van der Waals surface area contributed by atoms with Crippen LogP contribution in [-0.2, 0) is 4.79 Å². The summed E-state index contributed by atoms with van der Waals surface area (Å²) in [6, 6.07) is 5.32. The zero-order valence-electron chi connectivity index (χ0n) is 11.4. The van der Waals surface area contributed by atoms with Crippen LogP contribution in [0.2, 0.25) is 10.0 Å². The summed E-state index contributed by atoms with van der Waals surface area (Å²) < 4.78 is 5.47. The van der Waals surface area contributed by atoms with E-state index in [1.165, 1.54) is 0 Å². The standard InChI is InChI=1S/C14H18Cl2N2O2/c1-17-11-3-2-6-18(8-11)14(19)9-20-13-5-4-10(15)7-12(13)16/h4-5,7,11,17H,2-3,6,8-9H2,1H3. The molecule has 0 aromatic heterocycles. The van der Waals surface area contributed by atoms with Crippen molar-refractivity contribution in [1.29, 1.82) is 0 Å². The summed E-state index contributed by atoms with van der Waals surface area (Å²) in [6.45, 7) is 1.51. The van der Waals surface area contributed by atoms with E-state index >= 15 is 0 Å². The zero-order chi connectivity index (χ0) is 14.5. The number of carbonyl (C=O) groups is 1. The number of halogens is 2. The van der Waals surface area contributed by atoms with Crippen molar-refractivity contribution < 1.29 is 9.53 Å². The van der Waals surface area contributed by atoms with Crippen molar-refractivity contribution in [2.45, 2.75) is 18.9 Å². The number of amides is 1. The molecule has 0 radical (unpaired) electrons. The SMILES string of the molecule is CNC1CCCN(C(=O)COc2ccc(Cl)cc2Cl)C1. The first-order chi connectivity index (χ1) is 9.60. The summed E-state index contributed by atoms with van der Waals surface area (Å²) >= 11 is 11.8. The molecule has 1 saturated heterocycles. The van der Waals surface area contributed by atoms with Crippen molar-refractivity contribution in [3.05, 3.63) is 28.2 Å². The second-order valence-corrected chi connectivity index (χ2v) is 5.67. The zero-order valence-corrected chi connectivity index (χ0v) is 12.9. The van der Waals surface area contributed by atoms with Crippen molar-refractivity contribution in [2.75, 3.05) is 26.7 Å². The molecule has 20 heavy (non-hydrogen) atoms. The van der Waals surface area contributed by atoms with Crippen molar-refractivity contribution in [1.82, 2.24) is 10.2 Å². The second kappa shape index (κ2) is 7.16. The van der Waals surface area contributed by atoms with Crippen molar-refractivity contribution >= 4 is 29.1 Å². The lowest BCUT2D eigenvalue weighted by atomic mass is 10.1. The van der Waals surface area contributed by atoms with Crippen LogP contribution in [0.15, 0.2) is 18.2 Å². The molecule has 1 aliphatic heterocycles. The highest BCUT2D eigenvalue weighted by Gasteiger charge is 2.22. The molecule has 1 fully saturated rings. The highest BCUT2D eigenvalue weighted by atomic mass is 35.5. The molecule has 1 aliphatic rings. The molecule has 1 heterocycles. The minimum absolute atomic E-state index is 0.00220. The van der Waals surface area contributed by atoms with E-state index in [1.807, 2.05) is 11.9 Å². The third-order valence-electron chi connectivity index (χ3n) is 3.43. The van der Waals surface area contributed by atoms with Crippen LogP contribution in [0.25, 0.3) is 0 Å². The predicted octanol–water partition coefficient (Wildman–Crippen LogP) is 2.58. The van der Waals surface area contributed by atoms with E-state index in [4.69, 9.17) is 27.9 Å². The molecule has 1 aromatic carbocycles. The number of nitrogens with zero attached hydrogens (tertiary/aromatic N) is 1. The van der Waals surface area contributed by atoms with Crippen LogP contribution in [0.3, 0.4) is 0 Å². The molecule has 2 rings (SSSR count). The Morgan fingerprint density at radius 2 is 2.30 bits per heavy atom. The predicted molar refractivity (Wildman–Crippen MR) is 80.6 cm³/mol.